The van der Waals surface area contributed by atoms with Gasteiger partial charge in [-0.3, -0.25) is 14.3 Å². The van der Waals surface area contributed by atoms with Gasteiger partial charge >= 0.3 is 0 Å². The van der Waals surface area contributed by atoms with Crippen molar-refractivity contribution in [1.29, 1.82) is 0 Å². The molecule has 1 aromatic carbocycles. The summed E-state index contributed by atoms with van der Waals surface area (Å²) in [4.78, 5) is 23.7. The zero-order valence-corrected chi connectivity index (χ0v) is 13.4. The molecule has 4 rings (SSSR count). The van der Waals surface area contributed by atoms with Crippen LogP contribution in [0, 0.1) is 5.82 Å². The molecule has 3 aromatic rings. The van der Waals surface area contributed by atoms with E-state index in [1.54, 1.807) is 23.0 Å². The number of thiazole rings is 1. The first-order chi connectivity index (χ1) is 11.7. The molecular formula is C17H13FN4OS. The second kappa shape index (κ2) is 6.01. The summed E-state index contributed by atoms with van der Waals surface area (Å²) < 4.78 is 15.6. The SMILES string of the molecule is O=c1/c(=C/c2cccnc2)sc2n1CN(c1cccc(F)c1)CN=2. The van der Waals surface area contributed by atoms with Crippen LogP contribution < -0.4 is 19.8 Å². The van der Waals surface area contributed by atoms with Gasteiger partial charge in [0.2, 0.25) is 0 Å². The topological polar surface area (TPSA) is 50.5 Å². The zero-order valence-electron chi connectivity index (χ0n) is 12.6. The molecule has 1 aliphatic rings. The minimum absolute atomic E-state index is 0.0938. The van der Waals surface area contributed by atoms with Crippen LogP contribution in [-0.2, 0) is 6.67 Å². The highest BCUT2D eigenvalue weighted by Crippen LogP contribution is 2.16. The Bertz CT molecular complexity index is 1060. The fraction of sp³-hybridized carbons (Fsp3) is 0.118. The fourth-order valence-corrected chi connectivity index (χ4v) is 3.52. The molecule has 0 radical (unpaired) electrons. The van der Waals surface area contributed by atoms with Crippen molar-refractivity contribution in [1.82, 2.24) is 9.55 Å². The molecule has 5 nitrogen and oxygen atoms in total. The highest BCUT2D eigenvalue weighted by atomic mass is 32.1. The number of pyridine rings is 1. The van der Waals surface area contributed by atoms with Gasteiger partial charge < -0.3 is 4.90 Å². The number of anilines is 1. The van der Waals surface area contributed by atoms with Gasteiger partial charge in [-0.25, -0.2) is 9.38 Å². The fourth-order valence-electron chi connectivity index (χ4n) is 2.56. The number of aromatic nitrogens is 2. The lowest BCUT2D eigenvalue weighted by Crippen LogP contribution is -2.42. The van der Waals surface area contributed by atoms with Crippen molar-refractivity contribution < 1.29 is 4.39 Å². The Balaban J connectivity index is 1.73. The Hall–Kier alpha value is -2.80. The average Bonchev–Trinajstić information content (AvgIpc) is 2.91. The normalized spacial score (nSPS) is 14.4. The van der Waals surface area contributed by atoms with E-state index in [0.29, 0.717) is 28.4 Å². The molecule has 24 heavy (non-hydrogen) atoms. The molecule has 0 bridgehead atoms. The molecule has 0 atom stereocenters. The van der Waals surface area contributed by atoms with Gasteiger partial charge in [0.05, 0.1) is 4.53 Å². The summed E-state index contributed by atoms with van der Waals surface area (Å²) in [7, 11) is 0. The van der Waals surface area contributed by atoms with Crippen LogP contribution in [-0.4, -0.2) is 16.2 Å². The molecule has 0 spiro atoms. The van der Waals surface area contributed by atoms with Crippen LogP contribution in [0.2, 0.25) is 0 Å². The Kier molecular flexibility index (Phi) is 3.70. The van der Waals surface area contributed by atoms with Crippen molar-refractivity contribution in [3.05, 3.63) is 79.9 Å². The van der Waals surface area contributed by atoms with Crippen molar-refractivity contribution in [3.8, 4) is 0 Å². The van der Waals surface area contributed by atoms with Crippen LogP contribution in [0.5, 0.6) is 0 Å². The molecule has 0 fully saturated rings. The molecular weight excluding hydrogens is 327 g/mol. The molecule has 7 heteroatoms. The van der Waals surface area contributed by atoms with Crippen LogP contribution in [0.25, 0.3) is 6.08 Å². The molecule has 1 aliphatic heterocycles. The van der Waals surface area contributed by atoms with Gasteiger partial charge in [-0.15, -0.1) is 0 Å². The van der Waals surface area contributed by atoms with Gasteiger partial charge in [0, 0.05) is 18.1 Å². The van der Waals surface area contributed by atoms with E-state index in [0.717, 1.165) is 5.56 Å². The summed E-state index contributed by atoms with van der Waals surface area (Å²) in [5, 5.41) is 0. The molecule has 120 valence electrons. The van der Waals surface area contributed by atoms with Crippen molar-refractivity contribution in [2.75, 3.05) is 11.6 Å². The molecule has 0 saturated carbocycles. The predicted molar refractivity (Wildman–Crippen MR) is 90.9 cm³/mol. The summed E-state index contributed by atoms with van der Waals surface area (Å²) in [6.45, 7) is 0.758. The Morgan fingerprint density at radius 1 is 1.25 bits per heavy atom. The second-order valence-electron chi connectivity index (χ2n) is 5.37. The Morgan fingerprint density at radius 2 is 2.17 bits per heavy atom. The summed E-state index contributed by atoms with van der Waals surface area (Å²) in [6.07, 6.45) is 5.21. The molecule has 0 saturated heterocycles. The third-order valence-corrected chi connectivity index (χ3v) is 4.78. The minimum Gasteiger partial charge on any atom is -0.333 e. The average molecular weight is 340 g/mol. The highest BCUT2D eigenvalue weighted by Gasteiger charge is 2.16. The Morgan fingerprint density at radius 3 is 2.96 bits per heavy atom. The van der Waals surface area contributed by atoms with E-state index in [1.807, 2.05) is 29.2 Å². The molecule has 0 unspecified atom stereocenters. The van der Waals surface area contributed by atoms with Gasteiger partial charge in [-0.2, -0.15) is 0 Å². The lowest BCUT2D eigenvalue weighted by molar-refractivity contribution is 0.565. The van der Waals surface area contributed by atoms with Crippen LogP contribution >= 0.6 is 11.3 Å². The molecule has 0 amide bonds. The number of benzene rings is 1. The number of nitrogens with zero attached hydrogens (tertiary/aromatic N) is 4. The van der Waals surface area contributed by atoms with E-state index in [4.69, 9.17) is 0 Å². The van der Waals surface area contributed by atoms with Crippen LogP contribution in [0.1, 0.15) is 5.56 Å². The summed E-state index contributed by atoms with van der Waals surface area (Å²) in [5.41, 5.74) is 1.49. The molecule has 0 N–H and O–H groups in total. The van der Waals surface area contributed by atoms with Gasteiger partial charge in [0.15, 0.2) is 4.80 Å². The monoisotopic (exact) mass is 340 g/mol. The molecule has 0 aliphatic carbocycles. The predicted octanol–water partition coefficient (Wildman–Crippen LogP) is 1.33. The maximum atomic E-state index is 13.4. The maximum absolute atomic E-state index is 13.4. The summed E-state index contributed by atoms with van der Waals surface area (Å²) >= 11 is 1.36. The molecule has 3 heterocycles. The largest absolute Gasteiger partial charge is 0.333 e. The van der Waals surface area contributed by atoms with Gasteiger partial charge in [-0.05, 0) is 35.9 Å². The van der Waals surface area contributed by atoms with Crippen LogP contribution in [0.4, 0.5) is 10.1 Å². The number of halogens is 1. The van der Waals surface area contributed by atoms with Crippen molar-refractivity contribution in [2.24, 2.45) is 4.99 Å². The van der Waals surface area contributed by atoms with Crippen molar-refractivity contribution in [2.45, 2.75) is 6.67 Å². The second-order valence-corrected chi connectivity index (χ2v) is 6.38. The van der Waals surface area contributed by atoms with Gasteiger partial charge in [-0.1, -0.05) is 23.5 Å². The quantitative estimate of drug-likeness (QED) is 0.707. The summed E-state index contributed by atoms with van der Waals surface area (Å²) in [5.74, 6) is -0.304. The number of hydrogen-bond donors (Lipinski definition) is 0. The van der Waals surface area contributed by atoms with E-state index >= 15 is 0 Å². The van der Waals surface area contributed by atoms with Crippen LogP contribution in [0.15, 0.2) is 58.6 Å². The first-order valence-corrected chi connectivity index (χ1v) is 8.19. The first kappa shape index (κ1) is 14.8. The summed E-state index contributed by atoms with van der Waals surface area (Å²) in [6, 6.07) is 10.0. The standard InChI is InChI=1S/C17H13FN4OS/c18-13-4-1-5-14(8-13)21-10-20-17-22(11-21)16(23)15(24-17)7-12-3-2-6-19-9-12/h1-9H,10-11H2/b15-7-. The van der Waals surface area contributed by atoms with Gasteiger partial charge in [0.25, 0.3) is 5.56 Å². The van der Waals surface area contributed by atoms with E-state index < -0.39 is 0 Å². The van der Waals surface area contributed by atoms with Crippen molar-refractivity contribution >= 4 is 23.1 Å². The minimum atomic E-state index is -0.304. The third kappa shape index (κ3) is 2.74. The zero-order chi connectivity index (χ0) is 16.5. The van der Waals surface area contributed by atoms with Crippen LogP contribution in [0.3, 0.4) is 0 Å². The lowest BCUT2D eigenvalue weighted by Gasteiger charge is -2.25. The maximum Gasteiger partial charge on any atom is 0.271 e. The van der Waals surface area contributed by atoms with E-state index in [9.17, 15) is 9.18 Å². The first-order valence-electron chi connectivity index (χ1n) is 7.37. The third-order valence-electron chi connectivity index (χ3n) is 3.73. The van der Waals surface area contributed by atoms with Crippen molar-refractivity contribution in [3.63, 3.8) is 0 Å². The Labute approximate surface area is 140 Å². The smallest absolute Gasteiger partial charge is 0.271 e. The highest BCUT2D eigenvalue weighted by molar-refractivity contribution is 7.07. The number of hydrogen-bond acceptors (Lipinski definition) is 5. The lowest BCUT2D eigenvalue weighted by atomic mass is 10.3. The number of rotatable bonds is 2. The van der Waals surface area contributed by atoms with Gasteiger partial charge in [0.1, 0.15) is 19.2 Å². The van der Waals surface area contributed by atoms with E-state index in [-0.39, 0.29) is 11.4 Å². The molecule has 2 aromatic heterocycles. The van der Waals surface area contributed by atoms with E-state index in [1.165, 1.54) is 23.5 Å². The number of fused-ring (bicyclic) bond motifs is 1. The van der Waals surface area contributed by atoms with E-state index in [2.05, 4.69) is 9.98 Å².